The first kappa shape index (κ1) is 12.9. The predicted molar refractivity (Wildman–Crippen MR) is 74.4 cm³/mol. The van der Waals surface area contributed by atoms with E-state index in [1.54, 1.807) is 0 Å². The third-order valence-electron chi connectivity index (χ3n) is 3.56. The summed E-state index contributed by atoms with van der Waals surface area (Å²) in [6.07, 6.45) is 6.78. The van der Waals surface area contributed by atoms with Gasteiger partial charge in [0.2, 0.25) is 0 Å². The van der Waals surface area contributed by atoms with Crippen LogP contribution in [-0.2, 0) is 0 Å². The Hall–Kier alpha value is -0.530. The van der Waals surface area contributed by atoms with Crippen LogP contribution in [0.5, 0.6) is 0 Å². The van der Waals surface area contributed by atoms with Crippen LogP contribution in [0, 0.1) is 5.92 Å². The van der Waals surface area contributed by atoms with Crippen LogP contribution >= 0.6 is 11.6 Å². The number of rotatable bonds is 7. The highest BCUT2D eigenvalue weighted by atomic mass is 35.5. The maximum Gasteiger partial charge on any atom is 0.0406 e. The normalized spacial score (nSPS) is 17.1. The monoisotopic (exact) mass is 251 g/mol. The molecular formula is C15H22ClN. The summed E-state index contributed by atoms with van der Waals surface area (Å²) in [6, 6.07) is 8.69. The molecule has 1 aromatic carbocycles. The standard InChI is InChI=1S/C15H22ClN/c1-2-15(13-7-9-14(16)10-8-13)17-11-3-4-12-5-6-12/h7-10,12,15,17H,2-6,11H2,1H3. The van der Waals surface area contributed by atoms with E-state index >= 15 is 0 Å². The van der Waals surface area contributed by atoms with Crippen LogP contribution < -0.4 is 5.32 Å². The van der Waals surface area contributed by atoms with Gasteiger partial charge in [-0.25, -0.2) is 0 Å². The van der Waals surface area contributed by atoms with Crippen LogP contribution in [0.3, 0.4) is 0 Å². The molecule has 1 N–H and O–H groups in total. The van der Waals surface area contributed by atoms with E-state index in [4.69, 9.17) is 11.6 Å². The highest BCUT2D eigenvalue weighted by Crippen LogP contribution is 2.33. The summed E-state index contributed by atoms with van der Waals surface area (Å²) < 4.78 is 0. The summed E-state index contributed by atoms with van der Waals surface area (Å²) in [5, 5.41) is 4.46. The van der Waals surface area contributed by atoms with Gasteiger partial charge in [-0.15, -0.1) is 0 Å². The Bertz CT molecular complexity index is 329. The Morgan fingerprint density at radius 3 is 2.59 bits per heavy atom. The third kappa shape index (κ3) is 4.33. The first-order valence-corrected chi connectivity index (χ1v) is 7.16. The average Bonchev–Trinajstić information content (AvgIpc) is 3.15. The molecule has 0 bridgehead atoms. The van der Waals surface area contributed by atoms with Crippen LogP contribution in [-0.4, -0.2) is 6.54 Å². The van der Waals surface area contributed by atoms with Gasteiger partial charge >= 0.3 is 0 Å². The zero-order valence-corrected chi connectivity index (χ0v) is 11.3. The zero-order valence-electron chi connectivity index (χ0n) is 10.6. The van der Waals surface area contributed by atoms with Crippen molar-refractivity contribution in [2.45, 2.75) is 45.1 Å². The van der Waals surface area contributed by atoms with Crippen LogP contribution in [0.2, 0.25) is 5.02 Å². The lowest BCUT2D eigenvalue weighted by Crippen LogP contribution is -2.21. The molecule has 0 radical (unpaired) electrons. The van der Waals surface area contributed by atoms with Gasteiger partial charge in [-0.1, -0.05) is 43.5 Å². The molecule has 94 valence electrons. The molecular weight excluding hydrogens is 230 g/mol. The molecule has 0 saturated heterocycles. The van der Waals surface area contributed by atoms with Gasteiger partial charge in [0.1, 0.15) is 0 Å². The van der Waals surface area contributed by atoms with E-state index in [9.17, 15) is 0 Å². The third-order valence-corrected chi connectivity index (χ3v) is 3.81. The number of benzene rings is 1. The minimum atomic E-state index is 0.478. The highest BCUT2D eigenvalue weighted by Gasteiger charge is 2.20. The van der Waals surface area contributed by atoms with Crippen molar-refractivity contribution in [2.75, 3.05) is 6.54 Å². The quantitative estimate of drug-likeness (QED) is 0.700. The van der Waals surface area contributed by atoms with E-state index in [0.717, 1.165) is 23.9 Å². The van der Waals surface area contributed by atoms with Gasteiger partial charge in [-0.05, 0) is 49.4 Å². The largest absolute Gasteiger partial charge is 0.310 e. The molecule has 0 aromatic heterocycles. The zero-order chi connectivity index (χ0) is 12.1. The Morgan fingerprint density at radius 1 is 1.29 bits per heavy atom. The molecule has 1 nitrogen and oxygen atoms in total. The first-order valence-electron chi connectivity index (χ1n) is 6.78. The molecule has 1 atom stereocenters. The van der Waals surface area contributed by atoms with E-state index in [2.05, 4.69) is 24.4 Å². The predicted octanol–water partition coefficient (Wildman–Crippen LogP) is 4.57. The Balaban J connectivity index is 1.76. The Kier molecular flexibility index (Phi) is 4.87. The number of hydrogen-bond acceptors (Lipinski definition) is 1. The molecule has 2 rings (SSSR count). The van der Waals surface area contributed by atoms with Crippen molar-refractivity contribution in [3.05, 3.63) is 34.9 Å². The first-order chi connectivity index (χ1) is 8.29. The van der Waals surface area contributed by atoms with E-state index < -0.39 is 0 Å². The fraction of sp³-hybridized carbons (Fsp3) is 0.600. The molecule has 1 aliphatic rings. The second kappa shape index (κ2) is 6.42. The summed E-state index contributed by atoms with van der Waals surface area (Å²) in [4.78, 5) is 0. The number of nitrogens with one attached hydrogen (secondary N) is 1. The summed E-state index contributed by atoms with van der Waals surface area (Å²) >= 11 is 5.91. The molecule has 1 aliphatic carbocycles. The minimum Gasteiger partial charge on any atom is -0.310 e. The Morgan fingerprint density at radius 2 is 2.00 bits per heavy atom. The molecule has 0 spiro atoms. The summed E-state index contributed by atoms with van der Waals surface area (Å²) in [5.41, 5.74) is 1.35. The second-order valence-corrected chi connectivity index (χ2v) is 5.49. The average molecular weight is 252 g/mol. The van der Waals surface area contributed by atoms with Crippen molar-refractivity contribution in [2.24, 2.45) is 5.92 Å². The van der Waals surface area contributed by atoms with Gasteiger partial charge in [-0.3, -0.25) is 0 Å². The van der Waals surface area contributed by atoms with E-state index in [1.165, 1.54) is 31.2 Å². The molecule has 1 fully saturated rings. The number of hydrogen-bond donors (Lipinski definition) is 1. The van der Waals surface area contributed by atoms with Crippen molar-refractivity contribution in [1.29, 1.82) is 0 Å². The molecule has 2 heteroatoms. The molecule has 1 saturated carbocycles. The maximum atomic E-state index is 5.91. The minimum absolute atomic E-state index is 0.478. The number of halogens is 1. The summed E-state index contributed by atoms with van der Waals surface area (Å²) in [7, 11) is 0. The molecule has 0 aliphatic heterocycles. The van der Waals surface area contributed by atoms with Crippen LogP contribution in [0.15, 0.2) is 24.3 Å². The van der Waals surface area contributed by atoms with Crippen LogP contribution in [0.25, 0.3) is 0 Å². The van der Waals surface area contributed by atoms with Crippen LogP contribution in [0.1, 0.15) is 50.6 Å². The van der Waals surface area contributed by atoms with E-state index in [-0.39, 0.29) is 0 Å². The van der Waals surface area contributed by atoms with Gasteiger partial charge in [-0.2, -0.15) is 0 Å². The summed E-state index contributed by atoms with van der Waals surface area (Å²) in [5.74, 6) is 1.05. The molecule has 0 amide bonds. The van der Waals surface area contributed by atoms with Gasteiger partial charge < -0.3 is 5.32 Å². The smallest absolute Gasteiger partial charge is 0.0406 e. The summed E-state index contributed by atoms with van der Waals surface area (Å²) in [6.45, 7) is 3.37. The second-order valence-electron chi connectivity index (χ2n) is 5.05. The van der Waals surface area contributed by atoms with Crippen molar-refractivity contribution in [3.8, 4) is 0 Å². The topological polar surface area (TPSA) is 12.0 Å². The molecule has 1 unspecified atom stereocenters. The lowest BCUT2D eigenvalue weighted by atomic mass is 10.0. The molecule has 1 aromatic rings. The molecule has 0 heterocycles. The van der Waals surface area contributed by atoms with Gasteiger partial charge in [0.25, 0.3) is 0 Å². The highest BCUT2D eigenvalue weighted by molar-refractivity contribution is 6.30. The molecule has 17 heavy (non-hydrogen) atoms. The van der Waals surface area contributed by atoms with Crippen LogP contribution in [0.4, 0.5) is 0 Å². The fourth-order valence-electron chi connectivity index (χ4n) is 2.27. The fourth-order valence-corrected chi connectivity index (χ4v) is 2.39. The van der Waals surface area contributed by atoms with Crippen molar-refractivity contribution in [3.63, 3.8) is 0 Å². The van der Waals surface area contributed by atoms with Crippen molar-refractivity contribution in [1.82, 2.24) is 5.32 Å². The van der Waals surface area contributed by atoms with E-state index in [0.29, 0.717) is 6.04 Å². The lowest BCUT2D eigenvalue weighted by Gasteiger charge is -2.17. The SMILES string of the molecule is CCC(NCCCC1CC1)c1ccc(Cl)cc1. The van der Waals surface area contributed by atoms with Gasteiger partial charge in [0.15, 0.2) is 0 Å². The van der Waals surface area contributed by atoms with Gasteiger partial charge in [0.05, 0.1) is 0 Å². The van der Waals surface area contributed by atoms with Crippen molar-refractivity contribution >= 4 is 11.6 Å². The Labute approximate surface area is 110 Å². The van der Waals surface area contributed by atoms with E-state index in [1.807, 2.05) is 12.1 Å². The lowest BCUT2D eigenvalue weighted by molar-refractivity contribution is 0.495. The van der Waals surface area contributed by atoms with Crippen molar-refractivity contribution < 1.29 is 0 Å². The maximum absolute atomic E-state index is 5.91. The van der Waals surface area contributed by atoms with Gasteiger partial charge in [0, 0.05) is 11.1 Å².